The summed E-state index contributed by atoms with van der Waals surface area (Å²) >= 11 is 6.30. The first-order valence-electron chi connectivity index (χ1n) is 15.6. The van der Waals surface area contributed by atoms with Crippen molar-refractivity contribution in [2.24, 2.45) is 0 Å². The van der Waals surface area contributed by atoms with E-state index in [0.717, 1.165) is 30.0 Å². The lowest BCUT2D eigenvalue weighted by atomic mass is 9.69. The Labute approximate surface area is 291 Å². The molecule has 0 spiro atoms. The third-order valence-corrected chi connectivity index (χ3v) is 10.9. The van der Waals surface area contributed by atoms with Crippen LogP contribution in [0.2, 0.25) is 5.02 Å². The summed E-state index contributed by atoms with van der Waals surface area (Å²) in [5, 5.41) is 13.0. The molecule has 11 nitrogen and oxygen atoms in total. The summed E-state index contributed by atoms with van der Waals surface area (Å²) in [6, 6.07) is 23.4. The van der Waals surface area contributed by atoms with E-state index < -0.39 is 32.3 Å². The zero-order chi connectivity index (χ0) is 35.2. The normalized spacial score (nSPS) is 16.0. The molecule has 4 aromatic carbocycles. The molecule has 0 fully saturated rings. The molecular formula is C36H39ClN2O9S. The van der Waals surface area contributed by atoms with Gasteiger partial charge in [-0.15, -0.1) is 0 Å². The predicted molar refractivity (Wildman–Crippen MR) is 185 cm³/mol. The summed E-state index contributed by atoms with van der Waals surface area (Å²) in [6.45, 7) is -0.0144. The van der Waals surface area contributed by atoms with Crippen LogP contribution in [0.3, 0.4) is 0 Å². The van der Waals surface area contributed by atoms with Crippen molar-refractivity contribution in [2.45, 2.75) is 49.0 Å². The number of rotatable bonds is 15. The van der Waals surface area contributed by atoms with Crippen LogP contribution in [-0.4, -0.2) is 59.0 Å². The number of benzene rings is 4. The zero-order valence-corrected chi connectivity index (χ0v) is 29.3. The van der Waals surface area contributed by atoms with Gasteiger partial charge in [0, 0.05) is 38.4 Å². The van der Waals surface area contributed by atoms with E-state index in [-0.39, 0.29) is 30.3 Å². The third kappa shape index (κ3) is 7.84. The number of nitro benzene ring substituents is 1. The minimum atomic E-state index is -4.26. The van der Waals surface area contributed by atoms with Crippen molar-refractivity contribution in [2.75, 3.05) is 35.0 Å². The van der Waals surface area contributed by atoms with Gasteiger partial charge in [0.25, 0.3) is 0 Å². The molecule has 5 rings (SSSR count). The highest BCUT2D eigenvalue weighted by Gasteiger charge is 2.46. The fraction of sp³-hybridized carbons (Fsp3) is 0.333. The molecule has 0 heterocycles. The van der Waals surface area contributed by atoms with Gasteiger partial charge in [0.2, 0.25) is 10.0 Å². The second-order valence-electron chi connectivity index (χ2n) is 11.8. The van der Waals surface area contributed by atoms with E-state index in [1.807, 2.05) is 12.1 Å². The van der Waals surface area contributed by atoms with Crippen molar-refractivity contribution < 1.29 is 37.0 Å². The smallest absolute Gasteiger partial charge is 0.312 e. The number of aryl methyl sites for hydroxylation is 1. The average molecular weight is 711 g/mol. The molecule has 49 heavy (non-hydrogen) atoms. The van der Waals surface area contributed by atoms with E-state index in [2.05, 4.69) is 0 Å². The Kier molecular flexibility index (Phi) is 11.5. The lowest BCUT2D eigenvalue weighted by Crippen LogP contribution is -2.49. The highest BCUT2D eigenvalue weighted by Crippen LogP contribution is 2.44. The van der Waals surface area contributed by atoms with Crippen LogP contribution in [0, 0.1) is 10.1 Å². The maximum atomic E-state index is 14.2. The van der Waals surface area contributed by atoms with E-state index in [0.29, 0.717) is 34.1 Å². The zero-order valence-electron chi connectivity index (χ0n) is 27.8. The maximum absolute atomic E-state index is 14.2. The molecule has 0 amide bonds. The Bertz CT molecular complexity index is 1820. The van der Waals surface area contributed by atoms with E-state index >= 15 is 0 Å². The first-order chi connectivity index (χ1) is 23.5. The van der Waals surface area contributed by atoms with Crippen LogP contribution in [0.15, 0.2) is 89.8 Å². The van der Waals surface area contributed by atoms with Gasteiger partial charge >= 0.3 is 5.69 Å². The molecule has 1 aliphatic rings. The van der Waals surface area contributed by atoms with Crippen molar-refractivity contribution in [3.05, 3.63) is 122 Å². The Morgan fingerprint density at radius 2 is 1.45 bits per heavy atom. The number of hydrogen-bond donors (Lipinski definition) is 0. The summed E-state index contributed by atoms with van der Waals surface area (Å²) in [6.07, 6.45) is 1.49. The van der Waals surface area contributed by atoms with Crippen molar-refractivity contribution in [3.63, 3.8) is 0 Å². The third-order valence-electron chi connectivity index (χ3n) is 8.84. The standard InChI is InChI=1S/C36H39ClN2O9S/c1-44-29-12-7-25(8-13-29)22-38(23-26-9-14-30(45-2)15-10-26)49(42,43)31-16-18-34(33(21-31)39(40)41)48-24-36(35(46-3)47-4)19-5-6-27-20-28(37)11-17-32(27)36/h7-18,20-21,35H,5-6,19,22-24H2,1-4H3. The van der Waals surface area contributed by atoms with E-state index in [4.69, 9.17) is 35.3 Å². The number of ether oxygens (including phenoxy) is 5. The van der Waals surface area contributed by atoms with Gasteiger partial charge in [0.05, 0.1) is 29.5 Å². The average Bonchev–Trinajstić information content (AvgIpc) is 3.11. The minimum absolute atomic E-state index is 0.00573. The molecule has 0 saturated carbocycles. The van der Waals surface area contributed by atoms with Crippen molar-refractivity contribution >= 4 is 27.3 Å². The number of halogens is 1. The van der Waals surface area contributed by atoms with Gasteiger partial charge in [-0.05, 0) is 90.0 Å². The summed E-state index contributed by atoms with van der Waals surface area (Å²) in [4.78, 5) is 11.5. The SMILES string of the molecule is COc1ccc(CN(Cc2ccc(OC)cc2)S(=O)(=O)c2ccc(OCC3(C(OC)OC)CCCc4cc(Cl)ccc43)c([N+](=O)[O-])c2)cc1. The number of fused-ring (bicyclic) bond motifs is 1. The molecule has 0 aliphatic heterocycles. The summed E-state index contributed by atoms with van der Waals surface area (Å²) < 4.78 is 57.9. The highest BCUT2D eigenvalue weighted by atomic mass is 35.5. The van der Waals surface area contributed by atoms with Gasteiger partial charge < -0.3 is 23.7 Å². The number of hydrogen-bond acceptors (Lipinski definition) is 9. The molecule has 260 valence electrons. The second-order valence-corrected chi connectivity index (χ2v) is 14.1. The molecule has 1 aliphatic carbocycles. The summed E-state index contributed by atoms with van der Waals surface area (Å²) in [5.74, 6) is 1.18. The van der Waals surface area contributed by atoms with Gasteiger partial charge in [-0.1, -0.05) is 41.9 Å². The number of sulfonamides is 1. The van der Waals surface area contributed by atoms with Gasteiger partial charge in [0.1, 0.15) is 18.1 Å². The van der Waals surface area contributed by atoms with E-state index in [9.17, 15) is 18.5 Å². The summed E-state index contributed by atoms with van der Waals surface area (Å²) in [7, 11) is 1.91. The van der Waals surface area contributed by atoms with Crippen LogP contribution in [0.5, 0.6) is 17.2 Å². The molecule has 0 aromatic heterocycles. The van der Waals surface area contributed by atoms with Gasteiger partial charge in [0.15, 0.2) is 12.0 Å². The molecule has 13 heteroatoms. The molecule has 0 saturated heterocycles. The molecule has 0 bridgehead atoms. The second kappa shape index (κ2) is 15.6. The van der Waals surface area contributed by atoms with E-state index in [1.165, 1.54) is 30.7 Å². The predicted octanol–water partition coefficient (Wildman–Crippen LogP) is 6.93. The van der Waals surface area contributed by atoms with Crippen molar-refractivity contribution in [1.82, 2.24) is 4.31 Å². The Morgan fingerprint density at radius 1 is 0.857 bits per heavy atom. The molecule has 4 aromatic rings. The topological polar surface area (TPSA) is 127 Å². The van der Waals surface area contributed by atoms with Crippen molar-refractivity contribution in [3.8, 4) is 17.2 Å². The summed E-state index contributed by atoms with van der Waals surface area (Å²) in [5.41, 5.74) is 2.06. The monoisotopic (exact) mass is 710 g/mol. The van der Waals surface area contributed by atoms with Crippen LogP contribution in [-0.2, 0) is 44.4 Å². The fourth-order valence-electron chi connectivity index (χ4n) is 6.37. The van der Waals surface area contributed by atoms with Crippen LogP contribution in [0.4, 0.5) is 5.69 Å². The van der Waals surface area contributed by atoms with Gasteiger partial charge in [-0.25, -0.2) is 8.42 Å². The van der Waals surface area contributed by atoms with Crippen LogP contribution < -0.4 is 14.2 Å². The first-order valence-corrected chi connectivity index (χ1v) is 17.4. The fourth-order valence-corrected chi connectivity index (χ4v) is 8.00. The Hall–Kier alpha value is -4.20. The van der Waals surface area contributed by atoms with Gasteiger partial charge in [-0.3, -0.25) is 10.1 Å². The molecule has 1 atom stereocenters. The number of nitro groups is 1. The number of nitrogens with zero attached hydrogens (tertiary/aromatic N) is 2. The molecule has 0 radical (unpaired) electrons. The minimum Gasteiger partial charge on any atom is -0.497 e. The Morgan fingerprint density at radius 3 is 1.98 bits per heavy atom. The molecular weight excluding hydrogens is 672 g/mol. The van der Waals surface area contributed by atoms with E-state index in [1.54, 1.807) is 68.8 Å². The van der Waals surface area contributed by atoms with Crippen LogP contribution in [0.1, 0.15) is 35.1 Å². The molecule has 0 N–H and O–H groups in total. The lowest BCUT2D eigenvalue weighted by Gasteiger charge is -2.42. The largest absolute Gasteiger partial charge is 0.497 e. The Balaban J connectivity index is 1.49. The quantitative estimate of drug-likeness (QED) is 0.0733. The number of methoxy groups -OCH3 is 4. The highest BCUT2D eigenvalue weighted by molar-refractivity contribution is 7.89. The first kappa shape index (κ1) is 36.1. The maximum Gasteiger partial charge on any atom is 0.312 e. The van der Waals surface area contributed by atoms with Gasteiger partial charge in [-0.2, -0.15) is 4.31 Å². The lowest BCUT2D eigenvalue weighted by molar-refractivity contribution is -0.386. The molecule has 1 unspecified atom stereocenters. The van der Waals surface area contributed by atoms with Crippen molar-refractivity contribution in [1.29, 1.82) is 0 Å². The van der Waals surface area contributed by atoms with Crippen LogP contribution in [0.25, 0.3) is 0 Å². The van der Waals surface area contributed by atoms with Crippen LogP contribution >= 0.6 is 11.6 Å².